The van der Waals surface area contributed by atoms with Gasteiger partial charge in [0.2, 0.25) is 0 Å². The topological polar surface area (TPSA) is 45.0 Å². The molecule has 0 heterocycles. The van der Waals surface area contributed by atoms with Gasteiger partial charge in [0.1, 0.15) is 0 Å². The van der Waals surface area contributed by atoms with Crippen molar-refractivity contribution in [3.63, 3.8) is 0 Å². The number of nitrogens with zero attached hydrogens (tertiary/aromatic N) is 1. The van der Waals surface area contributed by atoms with E-state index in [0.29, 0.717) is 0 Å². The lowest BCUT2D eigenvalue weighted by Gasteiger charge is -2.16. The molecular formula is C12H18N2O. The monoisotopic (exact) mass is 206 g/mol. The highest BCUT2D eigenvalue weighted by Crippen LogP contribution is 2.20. The predicted octanol–water partition coefficient (Wildman–Crippen LogP) is 2.13. The number of nitrogens with one attached hydrogen (secondary N) is 1. The summed E-state index contributed by atoms with van der Waals surface area (Å²) in [5, 5.41) is 11.9. The van der Waals surface area contributed by atoms with Crippen LogP contribution < -0.4 is 5.32 Å². The van der Waals surface area contributed by atoms with E-state index in [2.05, 4.69) is 17.5 Å². The Morgan fingerprint density at radius 1 is 1.60 bits per heavy atom. The van der Waals surface area contributed by atoms with Gasteiger partial charge in [0.15, 0.2) is 0 Å². The van der Waals surface area contributed by atoms with Crippen LogP contribution in [0.1, 0.15) is 25.7 Å². The molecule has 0 aromatic carbocycles. The molecule has 15 heavy (non-hydrogen) atoms. The molecule has 0 bridgehead atoms. The third-order valence-electron chi connectivity index (χ3n) is 2.40. The molecule has 0 saturated carbocycles. The third kappa shape index (κ3) is 4.66. The van der Waals surface area contributed by atoms with Crippen molar-refractivity contribution in [2.45, 2.75) is 25.7 Å². The van der Waals surface area contributed by atoms with Crippen LogP contribution in [-0.4, -0.2) is 20.3 Å². The summed E-state index contributed by atoms with van der Waals surface area (Å²) in [6, 6.07) is 2.08. The Bertz CT molecular complexity index is 286. The lowest BCUT2D eigenvalue weighted by atomic mass is 9.99. The van der Waals surface area contributed by atoms with Gasteiger partial charge in [-0.2, -0.15) is 5.26 Å². The van der Waals surface area contributed by atoms with Crippen LogP contribution >= 0.6 is 0 Å². The molecule has 3 nitrogen and oxygen atoms in total. The van der Waals surface area contributed by atoms with Crippen molar-refractivity contribution in [3.05, 3.63) is 23.4 Å². The second-order valence-electron chi connectivity index (χ2n) is 3.64. The summed E-state index contributed by atoms with van der Waals surface area (Å²) in [6.45, 7) is 1.74. The molecule has 0 radical (unpaired) electrons. The average Bonchev–Trinajstić information content (AvgIpc) is 2.26. The number of methoxy groups -OCH3 is 1. The number of hydrogen-bond acceptors (Lipinski definition) is 3. The van der Waals surface area contributed by atoms with Crippen LogP contribution in [0.3, 0.4) is 0 Å². The van der Waals surface area contributed by atoms with Gasteiger partial charge in [-0.15, -0.1) is 0 Å². The van der Waals surface area contributed by atoms with Crippen LogP contribution in [0.5, 0.6) is 0 Å². The summed E-state index contributed by atoms with van der Waals surface area (Å²) in [5.41, 5.74) is 2.39. The number of ether oxygens (including phenoxy) is 1. The molecule has 1 rings (SSSR count). The maximum atomic E-state index is 8.56. The van der Waals surface area contributed by atoms with Gasteiger partial charge in [0.25, 0.3) is 0 Å². The van der Waals surface area contributed by atoms with E-state index < -0.39 is 0 Å². The Morgan fingerprint density at radius 3 is 3.20 bits per heavy atom. The van der Waals surface area contributed by atoms with Crippen molar-refractivity contribution in [2.24, 2.45) is 0 Å². The lowest BCUT2D eigenvalue weighted by Crippen LogP contribution is -2.18. The molecule has 0 amide bonds. The summed E-state index contributed by atoms with van der Waals surface area (Å²) in [6.07, 6.45) is 8.00. The number of rotatable bonds is 5. The molecule has 0 aliphatic heterocycles. The van der Waals surface area contributed by atoms with E-state index in [0.717, 1.165) is 44.4 Å². The zero-order valence-corrected chi connectivity index (χ0v) is 9.25. The summed E-state index contributed by atoms with van der Waals surface area (Å²) in [4.78, 5) is 0. The SMILES string of the molecule is COCCCNC1=C/C(=C/C#N)CCC1. The summed E-state index contributed by atoms with van der Waals surface area (Å²) in [5.74, 6) is 0. The maximum absolute atomic E-state index is 8.56. The second-order valence-corrected chi connectivity index (χ2v) is 3.64. The van der Waals surface area contributed by atoms with Gasteiger partial charge in [0.05, 0.1) is 6.07 Å². The van der Waals surface area contributed by atoms with E-state index in [-0.39, 0.29) is 0 Å². The summed E-state index contributed by atoms with van der Waals surface area (Å²) in [7, 11) is 1.72. The van der Waals surface area contributed by atoms with Crippen molar-refractivity contribution in [3.8, 4) is 6.07 Å². The van der Waals surface area contributed by atoms with E-state index >= 15 is 0 Å². The molecule has 0 aromatic rings. The van der Waals surface area contributed by atoms with Gasteiger partial charge in [-0.05, 0) is 37.3 Å². The molecule has 0 spiro atoms. The van der Waals surface area contributed by atoms with E-state index in [9.17, 15) is 0 Å². The largest absolute Gasteiger partial charge is 0.388 e. The highest BCUT2D eigenvalue weighted by Gasteiger charge is 2.06. The first kappa shape index (κ1) is 11.8. The average molecular weight is 206 g/mol. The smallest absolute Gasteiger partial charge is 0.0914 e. The van der Waals surface area contributed by atoms with Crippen LogP contribution in [0.2, 0.25) is 0 Å². The lowest BCUT2D eigenvalue weighted by molar-refractivity contribution is 0.195. The second kappa shape index (κ2) is 7.08. The quantitative estimate of drug-likeness (QED) is 0.553. The fourth-order valence-electron chi connectivity index (χ4n) is 1.65. The van der Waals surface area contributed by atoms with Crippen LogP contribution in [-0.2, 0) is 4.74 Å². The number of hydrogen-bond donors (Lipinski definition) is 1. The zero-order chi connectivity index (χ0) is 10.9. The molecule has 0 aromatic heterocycles. The molecule has 1 N–H and O–H groups in total. The summed E-state index contributed by atoms with van der Waals surface area (Å²) < 4.78 is 4.98. The third-order valence-corrected chi connectivity index (χ3v) is 2.40. The van der Waals surface area contributed by atoms with Crippen LogP contribution in [0.15, 0.2) is 23.4 Å². The van der Waals surface area contributed by atoms with Gasteiger partial charge in [-0.25, -0.2) is 0 Å². The highest BCUT2D eigenvalue weighted by atomic mass is 16.5. The van der Waals surface area contributed by atoms with Crippen molar-refractivity contribution < 1.29 is 4.74 Å². The van der Waals surface area contributed by atoms with E-state index in [4.69, 9.17) is 10.00 Å². The van der Waals surface area contributed by atoms with E-state index in [1.807, 2.05) is 0 Å². The molecular weight excluding hydrogens is 188 g/mol. The van der Waals surface area contributed by atoms with Gasteiger partial charge in [-0.1, -0.05) is 0 Å². The Kier molecular flexibility index (Phi) is 5.57. The molecule has 82 valence electrons. The standard InChI is InChI=1S/C12H18N2O/c1-15-9-3-8-14-12-5-2-4-11(10-12)6-7-13/h6,10,14H,2-5,8-9H2,1H3/b11-6+. The Hall–Kier alpha value is -1.27. The minimum atomic E-state index is 0.793. The van der Waals surface area contributed by atoms with Gasteiger partial charge in [-0.3, -0.25) is 0 Å². The fraction of sp³-hybridized carbons (Fsp3) is 0.583. The van der Waals surface area contributed by atoms with Crippen molar-refractivity contribution in [1.29, 1.82) is 5.26 Å². The highest BCUT2D eigenvalue weighted by molar-refractivity contribution is 5.30. The molecule has 0 fully saturated rings. The van der Waals surface area contributed by atoms with E-state index in [1.165, 1.54) is 5.70 Å². The molecule has 0 atom stereocenters. The number of allylic oxidation sites excluding steroid dienone is 4. The van der Waals surface area contributed by atoms with Gasteiger partial charge < -0.3 is 10.1 Å². The minimum absolute atomic E-state index is 0.793. The van der Waals surface area contributed by atoms with Crippen molar-refractivity contribution >= 4 is 0 Å². The van der Waals surface area contributed by atoms with Crippen molar-refractivity contribution in [1.82, 2.24) is 5.32 Å². The fourth-order valence-corrected chi connectivity index (χ4v) is 1.65. The predicted molar refractivity (Wildman–Crippen MR) is 60.1 cm³/mol. The van der Waals surface area contributed by atoms with Crippen LogP contribution in [0.4, 0.5) is 0 Å². The van der Waals surface area contributed by atoms with Gasteiger partial charge >= 0.3 is 0 Å². The molecule has 0 saturated heterocycles. The Labute approximate surface area is 91.4 Å². The number of nitriles is 1. The minimum Gasteiger partial charge on any atom is -0.388 e. The summed E-state index contributed by atoms with van der Waals surface area (Å²) >= 11 is 0. The van der Waals surface area contributed by atoms with Gasteiger partial charge in [0, 0.05) is 32.0 Å². The Balaban J connectivity index is 2.34. The Morgan fingerprint density at radius 2 is 2.47 bits per heavy atom. The maximum Gasteiger partial charge on any atom is 0.0914 e. The molecule has 1 aliphatic rings. The normalized spacial score (nSPS) is 18.4. The molecule has 1 aliphatic carbocycles. The first-order valence-electron chi connectivity index (χ1n) is 5.39. The van der Waals surface area contributed by atoms with Crippen LogP contribution in [0, 0.1) is 11.3 Å². The first-order valence-corrected chi connectivity index (χ1v) is 5.39. The zero-order valence-electron chi connectivity index (χ0n) is 9.25. The van der Waals surface area contributed by atoms with E-state index in [1.54, 1.807) is 13.2 Å². The van der Waals surface area contributed by atoms with Crippen LogP contribution in [0.25, 0.3) is 0 Å². The van der Waals surface area contributed by atoms with Crippen molar-refractivity contribution in [2.75, 3.05) is 20.3 Å². The molecule has 3 heteroatoms. The first-order chi connectivity index (χ1) is 7.36. The molecule has 0 unspecified atom stereocenters.